The van der Waals surface area contributed by atoms with Gasteiger partial charge < -0.3 is 0 Å². The van der Waals surface area contributed by atoms with Gasteiger partial charge in [-0.15, -0.1) is 0 Å². The van der Waals surface area contributed by atoms with Crippen LogP contribution in [0, 0.1) is 68.0 Å². The van der Waals surface area contributed by atoms with Gasteiger partial charge in [0, 0.05) is 0 Å². The molecule has 486 valence electrons. The summed E-state index contributed by atoms with van der Waals surface area (Å²) in [6, 6.07) is 114. The van der Waals surface area contributed by atoms with Crippen LogP contribution in [0.5, 0.6) is 0 Å². The zero-order valence-electron chi connectivity index (χ0n) is 56.9. The maximum Gasteiger partial charge on any atom is 0.0991 e. The molecule has 0 N–H and O–H groups in total. The molecule has 0 aliphatic heterocycles. The van der Waals surface area contributed by atoms with E-state index in [1.807, 2.05) is 146 Å². The van der Waals surface area contributed by atoms with Crippen molar-refractivity contribution in [2.75, 3.05) is 0 Å². The molecule has 0 bridgehead atoms. The number of rotatable bonds is 24. The predicted molar refractivity (Wildman–Crippen MR) is 410 cm³/mol. The highest BCUT2D eigenvalue weighted by Crippen LogP contribution is 2.38. The van der Waals surface area contributed by atoms with Crippen LogP contribution in [0.1, 0.15) is 100 Å². The molecule has 13 aromatic carbocycles. The second kappa shape index (κ2) is 32.4. The van der Waals surface area contributed by atoms with E-state index in [0.29, 0.717) is 33.4 Å². The summed E-state index contributed by atoms with van der Waals surface area (Å²) in [6.45, 7) is 0. The van der Waals surface area contributed by atoms with Gasteiger partial charge in [-0.3, -0.25) is 0 Å². The van der Waals surface area contributed by atoms with Crippen LogP contribution in [0.15, 0.2) is 291 Å². The van der Waals surface area contributed by atoms with Crippen LogP contribution in [0.3, 0.4) is 0 Å². The number of aryl methyl sites for hydroxylation is 6. The fourth-order valence-electron chi connectivity index (χ4n) is 14.1. The number of benzene rings is 13. The largest absolute Gasteiger partial charge is 0.192 e. The second-order valence-electron chi connectivity index (χ2n) is 26.2. The van der Waals surface area contributed by atoms with Gasteiger partial charge in [-0.05, 0) is 283 Å². The summed E-state index contributed by atoms with van der Waals surface area (Å²) in [5.41, 5.74) is 33.0. The van der Waals surface area contributed by atoms with Crippen molar-refractivity contribution in [3.05, 3.63) is 391 Å². The van der Waals surface area contributed by atoms with Gasteiger partial charge in [0.05, 0.1) is 69.8 Å². The van der Waals surface area contributed by atoms with Crippen LogP contribution in [0.25, 0.3) is 66.8 Å². The molecule has 0 saturated carbocycles. The molecule has 0 aromatic heterocycles. The Morgan fingerprint density at radius 3 is 0.324 bits per heavy atom. The highest BCUT2D eigenvalue weighted by molar-refractivity contribution is 5.70. The van der Waals surface area contributed by atoms with Gasteiger partial charge in [0.25, 0.3) is 0 Å². The third kappa shape index (κ3) is 16.5. The van der Waals surface area contributed by atoms with E-state index in [0.717, 1.165) is 144 Å². The number of hydrogen-bond donors (Lipinski definition) is 0. The van der Waals surface area contributed by atoms with Crippen LogP contribution in [-0.2, 0) is 77.0 Å². The van der Waals surface area contributed by atoms with Crippen molar-refractivity contribution < 1.29 is 0 Å². The van der Waals surface area contributed by atoms with Crippen LogP contribution in [0.4, 0.5) is 0 Å². The number of nitriles is 6. The van der Waals surface area contributed by atoms with E-state index in [-0.39, 0.29) is 0 Å². The zero-order valence-corrected chi connectivity index (χ0v) is 56.9. The summed E-state index contributed by atoms with van der Waals surface area (Å²) in [5, 5.41) is 57.6. The van der Waals surface area contributed by atoms with Gasteiger partial charge in [0.15, 0.2) is 0 Å². The van der Waals surface area contributed by atoms with E-state index in [1.165, 1.54) is 66.8 Å². The minimum absolute atomic E-state index is 0.636. The lowest BCUT2D eigenvalue weighted by Gasteiger charge is -2.28. The molecule has 0 amide bonds. The topological polar surface area (TPSA) is 143 Å². The molecular formula is C96H72N6. The number of hydrogen-bond acceptors (Lipinski definition) is 6. The van der Waals surface area contributed by atoms with Crippen molar-refractivity contribution >= 4 is 0 Å². The molecular weight excluding hydrogens is 1240 g/mol. The first-order valence-electron chi connectivity index (χ1n) is 34.9. The SMILES string of the molecule is N#Cc1ccc(-c2ccc(CCc3c(CCc4ccc(-c5ccc(C#N)cc5)cc4)c(CCc4ccc(-c5ccc(C#N)cc5)cc4)c(CCc4ccc(-c5ccc(C#N)cc5)cc4)c(CCc4ccc(-c5ccc(C#N)cc5)cc4)c3CCc3ccc(-c4ccc(C#N)cc4)cc3)cc2)cc1. The molecule has 13 rings (SSSR count). The fraction of sp³-hybridized carbons (Fsp3) is 0.125. The predicted octanol–water partition coefficient (Wildman–Crippen LogP) is 21.6. The van der Waals surface area contributed by atoms with Gasteiger partial charge in [0.2, 0.25) is 0 Å². The lowest BCUT2D eigenvalue weighted by molar-refractivity contribution is 0.777. The first-order chi connectivity index (χ1) is 50.2. The van der Waals surface area contributed by atoms with Crippen LogP contribution in [-0.4, -0.2) is 0 Å². The molecule has 0 aliphatic rings. The maximum atomic E-state index is 9.61. The van der Waals surface area contributed by atoms with Crippen LogP contribution in [0.2, 0.25) is 0 Å². The summed E-state index contributed by atoms with van der Waals surface area (Å²) in [4.78, 5) is 0. The molecule has 0 fully saturated rings. The Bertz CT molecular complexity index is 4420. The van der Waals surface area contributed by atoms with E-state index in [4.69, 9.17) is 0 Å². The van der Waals surface area contributed by atoms with E-state index in [1.54, 1.807) is 0 Å². The van der Waals surface area contributed by atoms with Crippen molar-refractivity contribution in [2.45, 2.75) is 77.0 Å². The molecule has 0 heterocycles. The van der Waals surface area contributed by atoms with Gasteiger partial charge >= 0.3 is 0 Å². The molecule has 0 saturated heterocycles. The molecule has 102 heavy (non-hydrogen) atoms. The molecule has 0 atom stereocenters. The molecule has 0 spiro atoms. The molecule has 0 radical (unpaired) electrons. The van der Waals surface area contributed by atoms with Crippen molar-refractivity contribution in [2.24, 2.45) is 0 Å². The van der Waals surface area contributed by atoms with Gasteiger partial charge in [-0.25, -0.2) is 0 Å². The zero-order chi connectivity index (χ0) is 70.0. The Morgan fingerprint density at radius 1 is 0.127 bits per heavy atom. The summed E-state index contributed by atoms with van der Waals surface area (Å²) >= 11 is 0. The van der Waals surface area contributed by atoms with Crippen LogP contribution >= 0.6 is 0 Å². The molecule has 0 unspecified atom stereocenters. The van der Waals surface area contributed by atoms with E-state index in [2.05, 4.69) is 182 Å². The standard InChI is InChI=1S/C96H72N6/c97-61-73-13-43-85(44-14-73)79-31-1-67(2-32-79)25-55-91-92(56-26-68-3-33-80(34-4-68)86-45-15-74(62-98)16-46-86)94(58-28-70-7-37-82(38-8-70)88-49-19-76(64-100)20-50-88)96(60-30-72-11-41-84(42-12-72)90-53-23-78(66-102)24-54-90)95(59-29-71-9-39-83(40-10-71)89-51-21-77(65-101)22-52-89)93(91)57-27-69-5-35-81(36-6-69)87-47-17-75(63-99)18-48-87/h1-24,31-54H,25-30,55-60H2. The molecule has 6 nitrogen and oxygen atoms in total. The Kier molecular flexibility index (Phi) is 21.4. The second-order valence-corrected chi connectivity index (χ2v) is 26.2. The summed E-state index contributed by atoms with van der Waals surface area (Å²) in [5.74, 6) is 0. The third-order valence-electron chi connectivity index (χ3n) is 20.0. The smallest absolute Gasteiger partial charge is 0.0991 e. The maximum absolute atomic E-state index is 9.61. The molecule has 6 heteroatoms. The monoisotopic (exact) mass is 1310 g/mol. The van der Waals surface area contributed by atoms with Crippen molar-refractivity contribution in [3.8, 4) is 103 Å². The highest BCUT2D eigenvalue weighted by Gasteiger charge is 2.25. The van der Waals surface area contributed by atoms with Gasteiger partial charge in [0.1, 0.15) is 0 Å². The van der Waals surface area contributed by atoms with Crippen molar-refractivity contribution in [1.82, 2.24) is 0 Å². The normalized spacial score (nSPS) is 10.8. The molecule has 0 aliphatic carbocycles. The number of nitrogens with zero attached hydrogens (tertiary/aromatic N) is 6. The summed E-state index contributed by atoms with van der Waals surface area (Å²) < 4.78 is 0. The van der Waals surface area contributed by atoms with Crippen LogP contribution < -0.4 is 0 Å². The third-order valence-corrected chi connectivity index (χ3v) is 20.0. The van der Waals surface area contributed by atoms with Crippen molar-refractivity contribution in [1.29, 1.82) is 31.6 Å². The first-order valence-corrected chi connectivity index (χ1v) is 34.9. The van der Waals surface area contributed by atoms with E-state index < -0.39 is 0 Å². The quantitative estimate of drug-likeness (QED) is 0.0589. The average Bonchev–Trinajstić information content (AvgIpc) is 0.760. The lowest BCUT2D eigenvalue weighted by Crippen LogP contribution is -2.18. The Hall–Kier alpha value is -13.2. The van der Waals surface area contributed by atoms with Crippen molar-refractivity contribution in [3.63, 3.8) is 0 Å². The van der Waals surface area contributed by atoms with E-state index in [9.17, 15) is 31.6 Å². The highest BCUT2D eigenvalue weighted by atomic mass is 14.3. The Balaban J connectivity index is 0.966. The lowest BCUT2D eigenvalue weighted by atomic mass is 9.76. The fourth-order valence-corrected chi connectivity index (χ4v) is 14.1. The molecule has 13 aromatic rings. The average molecular weight is 1310 g/mol. The Morgan fingerprint density at radius 2 is 0.225 bits per heavy atom. The van der Waals surface area contributed by atoms with Gasteiger partial charge in [-0.2, -0.15) is 31.6 Å². The minimum Gasteiger partial charge on any atom is -0.192 e. The Labute approximate surface area is 599 Å². The van der Waals surface area contributed by atoms with E-state index >= 15 is 0 Å². The summed E-state index contributed by atoms with van der Waals surface area (Å²) in [6.07, 6.45) is 9.89. The first kappa shape index (κ1) is 67.4. The minimum atomic E-state index is 0.636. The summed E-state index contributed by atoms with van der Waals surface area (Å²) in [7, 11) is 0. The van der Waals surface area contributed by atoms with Gasteiger partial charge in [-0.1, -0.05) is 218 Å².